The number of phenols is 1. The van der Waals surface area contributed by atoms with Crippen molar-refractivity contribution in [1.82, 2.24) is 5.32 Å². The number of carbonyl (C=O) groups is 1. The Kier molecular flexibility index (Phi) is 3.92. The second-order valence-electron chi connectivity index (χ2n) is 4.04. The highest BCUT2D eigenvalue weighted by Crippen LogP contribution is 2.19. The van der Waals surface area contributed by atoms with Gasteiger partial charge in [0.1, 0.15) is 5.75 Å². The van der Waals surface area contributed by atoms with Gasteiger partial charge in [0.15, 0.2) is 0 Å². The van der Waals surface area contributed by atoms with Crippen molar-refractivity contribution in [3.8, 4) is 5.75 Å². The number of anilines is 1. The van der Waals surface area contributed by atoms with Gasteiger partial charge in [0, 0.05) is 22.8 Å². The van der Waals surface area contributed by atoms with Crippen LogP contribution in [0.4, 0.5) is 5.69 Å². The molecular formula is C14H13ClN2O2. The van der Waals surface area contributed by atoms with Crippen molar-refractivity contribution in [3.05, 3.63) is 58.6 Å². The minimum Gasteiger partial charge on any atom is -0.508 e. The van der Waals surface area contributed by atoms with Crippen LogP contribution in [0.1, 0.15) is 15.9 Å². The monoisotopic (exact) mass is 276 g/mol. The number of benzene rings is 2. The molecule has 2 rings (SSSR count). The van der Waals surface area contributed by atoms with Gasteiger partial charge in [0.05, 0.1) is 5.56 Å². The molecule has 0 aromatic heterocycles. The van der Waals surface area contributed by atoms with Crippen molar-refractivity contribution < 1.29 is 9.90 Å². The molecule has 98 valence electrons. The Bertz CT molecular complexity index is 614. The number of hydrogen-bond donors (Lipinski definition) is 3. The summed E-state index contributed by atoms with van der Waals surface area (Å²) in [5.74, 6) is -0.163. The fourth-order valence-electron chi connectivity index (χ4n) is 1.67. The van der Waals surface area contributed by atoms with E-state index >= 15 is 0 Å². The van der Waals surface area contributed by atoms with E-state index in [-0.39, 0.29) is 18.2 Å². The quantitative estimate of drug-likeness (QED) is 0.754. The van der Waals surface area contributed by atoms with E-state index in [0.717, 1.165) is 0 Å². The molecule has 0 aliphatic carbocycles. The largest absolute Gasteiger partial charge is 0.508 e. The van der Waals surface area contributed by atoms with E-state index in [9.17, 15) is 9.90 Å². The van der Waals surface area contributed by atoms with Gasteiger partial charge in [0.2, 0.25) is 0 Å². The summed E-state index contributed by atoms with van der Waals surface area (Å²) in [6, 6.07) is 11.5. The van der Waals surface area contributed by atoms with Gasteiger partial charge in [-0.05, 0) is 24.3 Å². The maximum atomic E-state index is 11.9. The number of carbonyl (C=O) groups excluding carboxylic acids is 1. The Balaban J connectivity index is 2.08. The fourth-order valence-corrected chi connectivity index (χ4v) is 1.85. The highest BCUT2D eigenvalue weighted by atomic mass is 35.5. The summed E-state index contributed by atoms with van der Waals surface area (Å²) >= 11 is 5.77. The van der Waals surface area contributed by atoms with Gasteiger partial charge in [-0.3, -0.25) is 4.79 Å². The summed E-state index contributed by atoms with van der Waals surface area (Å²) in [6.07, 6.45) is 0. The molecule has 5 heteroatoms. The van der Waals surface area contributed by atoms with Gasteiger partial charge in [-0.25, -0.2) is 0 Å². The van der Waals surface area contributed by atoms with E-state index in [0.29, 0.717) is 21.8 Å². The molecule has 0 saturated carbocycles. The van der Waals surface area contributed by atoms with Gasteiger partial charge >= 0.3 is 0 Å². The number of aromatic hydroxyl groups is 1. The standard InChI is InChI=1S/C14H13ClN2O2/c15-10-5-6-11(12(16)7-10)14(19)17-8-9-3-1-2-4-13(9)18/h1-7,18H,8,16H2,(H,17,19). The Morgan fingerprint density at radius 2 is 2.00 bits per heavy atom. The maximum absolute atomic E-state index is 11.9. The minimum absolute atomic E-state index is 0.145. The van der Waals surface area contributed by atoms with Crippen molar-refractivity contribution in [2.45, 2.75) is 6.54 Å². The summed E-state index contributed by atoms with van der Waals surface area (Å²) in [4.78, 5) is 11.9. The number of halogens is 1. The molecule has 0 heterocycles. The lowest BCUT2D eigenvalue weighted by Gasteiger charge is -2.09. The van der Waals surface area contributed by atoms with E-state index in [1.807, 2.05) is 0 Å². The Morgan fingerprint density at radius 3 is 2.68 bits per heavy atom. The average molecular weight is 277 g/mol. The lowest BCUT2D eigenvalue weighted by atomic mass is 10.1. The van der Waals surface area contributed by atoms with Crippen molar-refractivity contribution in [1.29, 1.82) is 0 Å². The normalized spacial score (nSPS) is 10.2. The number of hydrogen-bond acceptors (Lipinski definition) is 3. The van der Waals surface area contributed by atoms with E-state index < -0.39 is 0 Å². The smallest absolute Gasteiger partial charge is 0.253 e. The first-order valence-electron chi connectivity index (χ1n) is 5.68. The lowest BCUT2D eigenvalue weighted by molar-refractivity contribution is 0.0951. The number of para-hydroxylation sites is 1. The van der Waals surface area contributed by atoms with Crippen LogP contribution in [0.5, 0.6) is 5.75 Å². The van der Waals surface area contributed by atoms with Gasteiger partial charge in [0.25, 0.3) is 5.91 Å². The molecule has 19 heavy (non-hydrogen) atoms. The molecule has 1 amide bonds. The van der Waals surface area contributed by atoms with Crippen molar-refractivity contribution >= 4 is 23.2 Å². The zero-order valence-corrected chi connectivity index (χ0v) is 10.8. The molecule has 2 aromatic rings. The molecule has 0 aliphatic rings. The van der Waals surface area contributed by atoms with E-state index in [2.05, 4.69) is 5.32 Å². The molecule has 0 radical (unpaired) electrons. The van der Waals surface area contributed by atoms with Crippen LogP contribution in [0.2, 0.25) is 5.02 Å². The molecule has 0 bridgehead atoms. The summed E-state index contributed by atoms with van der Waals surface area (Å²) in [6.45, 7) is 0.230. The van der Waals surface area contributed by atoms with Crippen LogP contribution >= 0.6 is 11.6 Å². The molecule has 0 spiro atoms. The molecule has 0 unspecified atom stereocenters. The molecule has 4 nitrogen and oxygen atoms in total. The van der Waals surface area contributed by atoms with Crippen LogP contribution in [0.15, 0.2) is 42.5 Å². The van der Waals surface area contributed by atoms with Crippen LogP contribution in [0.25, 0.3) is 0 Å². The van der Waals surface area contributed by atoms with Crippen LogP contribution in [0, 0.1) is 0 Å². The summed E-state index contributed by atoms with van der Waals surface area (Å²) in [5.41, 5.74) is 7.05. The minimum atomic E-state index is -0.308. The Labute approximate surface area is 115 Å². The number of nitrogens with two attached hydrogens (primary N) is 1. The molecule has 0 atom stereocenters. The predicted molar refractivity (Wildman–Crippen MR) is 75.1 cm³/mol. The molecule has 2 aromatic carbocycles. The van der Waals surface area contributed by atoms with Crippen LogP contribution in [-0.4, -0.2) is 11.0 Å². The van der Waals surface area contributed by atoms with E-state index in [1.165, 1.54) is 6.07 Å². The highest BCUT2D eigenvalue weighted by Gasteiger charge is 2.10. The Hall–Kier alpha value is -2.20. The average Bonchev–Trinajstić information content (AvgIpc) is 2.37. The van der Waals surface area contributed by atoms with E-state index in [1.54, 1.807) is 36.4 Å². The van der Waals surface area contributed by atoms with Crippen molar-refractivity contribution in [2.24, 2.45) is 0 Å². The SMILES string of the molecule is Nc1cc(Cl)ccc1C(=O)NCc1ccccc1O. The summed E-state index contributed by atoms with van der Waals surface area (Å²) in [7, 11) is 0. The number of amides is 1. The second kappa shape index (κ2) is 5.63. The predicted octanol–water partition coefficient (Wildman–Crippen LogP) is 2.56. The molecular weight excluding hydrogens is 264 g/mol. The van der Waals surface area contributed by atoms with Crippen molar-refractivity contribution in [3.63, 3.8) is 0 Å². The van der Waals surface area contributed by atoms with Gasteiger partial charge in [-0.2, -0.15) is 0 Å². The molecule has 4 N–H and O–H groups in total. The first-order valence-corrected chi connectivity index (χ1v) is 6.06. The lowest BCUT2D eigenvalue weighted by Crippen LogP contribution is -2.23. The maximum Gasteiger partial charge on any atom is 0.253 e. The zero-order chi connectivity index (χ0) is 13.8. The number of nitrogen functional groups attached to an aromatic ring is 1. The van der Waals surface area contributed by atoms with Crippen LogP contribution < -0.4 is 11.1 Å². The van der Waals surface area contributed by atoms with Gasteiger partial charge in [-0.15, -0.1) is 0 Å². The number of phenolic OH excluding ortho intramolecular Hbond substituents is 1. The summed E-state index contributed by atoms with van der Waals surface area (Å²) < 4.78 is 0. The van der Waals surface area contributed by atoms with Crippen LogP contribution in [0.3, 0.4) is 0 Å². The zero-order valence-electron chi connectivity index (χ0n) is 10.1. The van der Waals surface area contributed by atoms with Crippen molar-refractivity contribution in [2.75, 3.05) is 5.73 Å². The second-order valence-corrected chi connectivity index (χ2v) is 4.48. The molecule has 0 saturated heterocycles. The fraction of sp³-hybridized carbons (Fsp3) is 0.0714. The summed E-state index contributed by atoms with van der Waals surface area (Å²) in [5, 5.41) is 12.8. The van der Waals surface area contributed by atoms with E-state index in [4.69, 9.17) is 17.3 Å². The highest BCUT2D eigenvalue weighted by molar-refractivity contribution is 6.31. The third-order valence-electron chi connectivity index (χ3n) is 2.69. The molecule has 0 fully saturated rings. The Morgan fingerprint density at radius 1 is 1.26 bits per heavy atom. The van der Waals surface area contributed by atoms with Gasteiger partial charge < -0.3 is 16.2 Å². The first-order chi connectivity index (χ1) is 9.08. The van der Waals surface area contributed by atoms with Gasteiger partial charge in [-0.1, -0.05) is 29.8 Å². The third-order valence-corrected chi connectivity index (χ3v) is 2.92. The van der Waals surface area contributed by atoms with Crippen LogP contribution in [-0.2, 0) is 6.54 Å². The number of rotatable bonds is 3. The topological polar surface area (TPSA) is 75.4 Å². The third kappa shape index (κ3) is 3.17. The molecule has 0 aliphatic heterocycles. The first kappa shape index (κ1) is 13.2. The number of nitrogens with one attached hydrogen (secondary N) is 1.